The van der Waals surface area contributed by atoms with Crippen molar-refractivity contribution in [1.82, 2.24) is 34.4 Å². The van der Waals surface area contributed by atoms with Crippen LogP contribution in [-0.2, 0) is 30.6 Å². The Bertz CT molecular complexity index is 2720. The molecule has 4 N–H and O–H groups in total. The fourth-order valence-corrected chi connectivity index (χ4v) is 8.80. The molecule has 1 amide bonds. The van der Waals surface area contributed by atoms with Gasteiger partial charge in [-0.1, -0.05) is 121 Å². The molecule has 0 saturated heterocycles. The summed E-state index contributed by atoms with van der Waals surface area (Å²) in [5.74, 6) is 0.309. The van der Waals surface area contributed by atoms with E-state index in [1.807, 2.05) is 91.0 Å². The van der Waals surface area contributed by atoms with Gasteiger partial charge < -0.3 is 16.2 Å². The normalized spacial score (nSPS) is 15.0. The largest absolute Gasteiger partial charge is 0.481 e. The fourth-order valence-electron chi connectivity index (χ4n) is 8.17. The highest BCUT2D eigenvalue weighted by Crippen LogP contribution is 2.50. The molecule has 0 unspecified atom stereocenters. The van der Waals surface area contributed by atoms with E-state index >= 15 is 0 Å². The molecule has 4 heterocycles. The van der Waals surface area contributed by atoms with Gasteiger partial charge in [-0.3, -0.25) is 19.3 Å². The molecular weight excluding hydrogens is 945 g/mol. The molecule has 3 aromatic carbocycles. The minimum atomic E-state index is -0.686. The highest BCUT2D eigenvalue weighted by molar-refractivity contribution is 6.66. The molecule has 0 bridgehead atoms. The summed E-state index contributed by atoms with van der Waals surface area (Å²) in [6.45, 7) is 12.3. The third-order valence-corrected chi connectivity index (χ3v) is 13.3. The number of anilines is 2. The Morgan fingerprint density at radius 3 is 1.40 bits per heavy atom. The third kappa shape index (κ3) is 13.7. The molecule has 16 heteroatoms. The number of nitrogens with two attached hydrogens (primary N) is 1. The predicted molar refractivity (Wildman–Crippen MR) is 279 cm³/mol. The zero-order valence-electron chi connectivity index (χ0n) is 40.1. The second-order valence-electron chi connectivity index (χ2n) is 17.9. The van der Waals surface area contributed by atoms with Gasteiger partial charge in [-0.25, -0.2) is 19.3 Å². The Labute approximate surface area is 425 Å². The molecule has 70 heavy (non-hydrogen) atoms. The first-order valence-corrected chi connectivity index (χ1v) is 24.4. The monoisotopic (exact) mass is 1000 g/mol. The molecule has 13 nitrogen and oxygen atoms in total. The van der Waals surface area contributed by atoms with E-state index in [2.05, 4.69) is 65.0 Å². The van der Waals surface area contributed by atoms with Crippen LogP contribution in [-0.4, -0.2) is 75.3 Å². The molecular formula is C54H60Cl3N9O4. The number of carbonyl (C=O) groups is 3. The number of pyridine rings is 2. The first-order valence-electron chi connectivity index (χ1n) is 23.3. The van der Waals surface area contributed by atoms with Crippen LogP contribution in [0.3, 0.4) is 0 Å². The van der Waals surface area contributed by atoms with E-state index in [1.54, 1.807) is 70.5 Å². The molecule has 3 aliphatic rings. The lowest BCUT2D eigenvalue weighted by Crippen LogP contribution is -2.36. The maximum Gasteiger partial charge on any atom is 0.314 e. The van der Waals surface area contributed by atoms with E-state index in [1.165, 1.54) is 0 Å². The van der Waals surface area contributed by atoms with Crippen LogP contribution < -0.4 is 11.1 Å². The fraction of sp³-hybridized carbons (Fsp3) is 0.315. The number of aromatic nitrogens is 6. The number of carbonyl (C=O) groups excluding carboxylic acids is 2. The van der Waals surface area contributed by atoms with E-state index in [4.69, 9.17) is 45.6 Å². The first-order chi connectivity index (χ1) is 33.5. The molecule has 3 saturated carbocycles. The van der Waals surface area contributed by atoms with Gasteiger partial charge in [-0.05, 0) is 113 Å². The topological polar surface area (TPSA) is 174 Å². The molecule has 7 aromatic rings. The van der Waals surface area contributed by atoms with Gasteiger partial charge in [0, 0.05) is 61.1 Å². The molecule has 4 aromatic heterocycles. The lowest BCUT2D eigenvalue weighted by Gasteiger charge is -2.28. The zero-order valence-corrected chi connectivity index (χ0v) is 42.3. The number of amides is 1. The van der Waals surface area contributed by atoms with Crippen molar-refractivity contribution in [2.24, 2.45) is 0 Å². The van der Waals surface area contributed by atoms with Crippen LogP contribution in [0.25, 0.3) is 11.4 Å². The number of aliphatic carboxylic acids is 1. The summed E-state index contributed by atoms with van der Waals surface area (Å²) in [5, 5.41) is 20.9. The van der Waals surface area contributed by atoms with Crippen LogP contribution in [0.2, 0.25) is 10.3 Å². The summed E-state index contributed by atoms with van der Waals surface area (Å²) < 4.78 is 3.30. The van der Waals surface area contributed by atoms with Crippen LogP contribution in [0.5, 0.6) is 0 Å². The van der Waals surface area contributed by atoms with E-state index in [-0.39, 0.29) is 16.6 Å². The van der Waals surface area contributed by atoms with Gasteiger partial charge in [-0.2, -0.15) is 10.2 Å². The minimum absolute atomic E-state index is 0.00768. The molecule has 0 spiro atoms. The smallest absolute Gasteiger partial charge is 0.314 e. The van der Waals surface area contributed by atoms with E-state index in [9.17, 15) is 14.4 Å². The van der Waals surface area contributed by atoms with Crippen molar-refractivity contribution in [1.29, 1.82) is 0 Å². The SMILES string of the molecule is CCN(C(C)C)C(C)C.Nc1ccn(-c2ccnc(Cl)c2)n1.O=C(Cl)C1(c2ccccc2)CC1.O=C(Nc1ccn(-c2ccnc(Cl)c2)n1)C1(c2ccccc2)CC1.O=C(O)C1(c2ccccc2)CC1. The molecule has 10 rings (SSSR count). The Morgan fingerprint density at radius 2 is 1.06 bits per heavy atom. The van der Waals surface area contributed by atoms with Gasteiger partial charge in [-0.15, -0.1) is 0 Å². The second-order valence-corrected chi connectivity index (χ2v) is 19.0. The number of nitrogen functional groups attached to an aromatic ring is 1. The Balaban J connectivity index is 0.000000151. The number of hydrogen-bond acceptors (Lipinski definition) is 9. The van der Waals surface area contributed by atoms with Gasteiger partial charge in [0.05, 0.1) is 27.6 Å². The van der Waals surface area contributed by atoms with Crippen molar-refractivity contribution in [3.8, 4) is 11.4 Å². The van der Waals surface area contributed by atoms with Crippen LogP contribution in [0.1, 0.15) is 89.8 Å². The number of hydrogen-bond donors (Lipinski definition) is 3. The average Bonchev–Trinajstić information content (AvgIpc) is 4.30. The van der Waals surface area contributed by atoms with Crippen molar-refractivity contribution in [3.05, 3.63) is 179 Å². The quantitative estimate of drug-likeness (QED) is 0.0789. The van der Waals surface area contributed by atoms with Crippen molar-refractivity contribution in [3.63, 3.8) is 0 Å². The van der Waals surface area contributed by atoms with Gasteiger partial charge in [0.1, 0.15) is 16.1 Å². The predicted octanol–water partition coefficient (Wildman–Crippen LogP) is 11.5. The van der Waals surface area contributed by atoms with Gasteiger partial charge in [0.15, 0.2) is 5.82 Å². The Hall–Kier alpha value is -6.38. The van der Waals surface area contributed by atoms with Crippen LogP contribution in [0.4, 0.5) is 11.6 Å². The average molecular weight is 1010 g/mol. The summed E-state index contributed by atoms with van der Waals surface area (Å²) in [6.07, 6.45) is 11.9. The number of nitrogens with one attached hydrogen (secondary N) is 1. The van der Waals surface area contributed by atoms with Gasteiger partial charge >= 0.3 is 5.97 Å². The molecule has 3 aliphatic carbocycles. The second kappa shape index (κ2) is 24.0. The molecule has 0 atom stereocenters. The van der Waals surface area contributed by atoms with E-state index < -0.39 is 16.8 Å². The number of rotatable bonds is 12. The van der Waals surface area contributed by atoms with Crippen molar-refractivity contribution in [2.75, 3.05) is 17.6 Å². The maximum absolute atomic E-state index is 12.7. The highest BCUT2D eigenvalue weighted by atomic mass is 35.5. The van der Waals surface area contributed by atoms with Crippen molar-refractivity contribution >= 4 is 63.6 Å². The van der Waals surface area contributed by atoms with E-state index in [0.29, 0.717) is 34.0 Å². The van der Waals surface area contributed by atoms with Gasteiger partial charge in [0.2, 0.25) is 11.1 Å². The molecule has 366 valence electrons. The maximum atomic E-state index is 12.7. The van der Waals surface area contributed by atoms with Gasteiger partial charge in [0.25, 0.3) is 0 Å². The van der Waals surface area contributed by atoms with Crippen molar-refractivity contribution < 1.29 is 19.5 Å². The summed E-state index contributed by atoms with van der Waals surface area (Å²) >= 11 is 17.1. The number of benzene rings is 3. The summed E-state index contributed by atoms with van der Waals surface area (Å²) in [5.41, 5.74) is 8.89. The minimum Gasteiger partial charge on any atom is -0.481 e. The lowest BCUT2D eigenvalue weighted by molar-refractivity contribution is -0.140. The number of halogens is 3. The standard InChI is InChI=1S/C18H15ClN4O.C10H9ClO.C10H10O2.C8H7ClN4.C8H19N/c19-15-12-14(6-10-20-15)23-11-7-16(22-23)21-17(24)18(8-9-18)13-4-2-1-3-5-13;2*11-9(12)10(6-7-10)8-4-2-1-3-5-8;9-7-5-6(1-3-11-7)13-4-2-8(10)12-13;1-6-9(7(2)3)8(4)5/h1-7,10-12H,8-9H2,(H,21,22,24);1-5H,6-7H2;1-5H,6-7H2,(H,11,12);1-5H,(H2,10,12);7-8H,6H2,1-5H3. The summed E-state index contributed by atoms with van der Waals surface area (Å²) in [6, 6.07) is 41.0. The Kier molecular flexibility index (Phi) is 18.1. The summed E-state index contributed by atoms with van der Waals surface area (Å²) in [7, 11) is 0. The van der Waals surface area contributed by atoms with Crippen LogP contribution in [0.15, 0.2) is 152 Å². The zero-order chi connectivity index (χ0) is 50.5. The lowest BCUT2D eigenvalue weighted by atomic mass is 9.95. The number of carboxylic acids is 1. The highest BCUT2D eigenvalue weighted by Gasteiger charge is 2.52. The van der Waals surface area contributed by atoms with Crippen LogP contribution in [0, 0.1) is 0 Å². The molecule has 0 radical (unpaired) electrons. The van der Waals surface area contributed by atoms with Crippen LogP contribution >= 0.6 is 34.8 Å². The third-order valence-electron chi connectivity index (χ3n) is 12.5. The van der Waals surface area contributed by atoms with E-state index in [0.717, 1.165) is 73.1 Å². The van der Waals surface area contributed by atoms with Crippen molar-refractivity contribution in [2.45, 2.75) is 101 Å². The number of carboxylic acid groups (broad SMARTS) is 1. The molecule has 3 fully saturated rings. The number of nitrogens with zero attached hydrogens (tertiary/aromatic N) is 7. The first kappa shape index (κ1) is 53.0. The Morgan fingerprint density at radius 1 is 0.643 bits per heavy atom. The summed E-state index contributed by atoms with van der Waals surface area (Å²) in [4.78, 5) is 45.0. The molecule has 0 aliphatic heterocycles.